The Kier molecular flexibility index (Phi) is 6.15. The van der Waals surface area contributed by atoms with Crippen LogP contribution < -0.4 is 10.6 Å². The van der Waals surface area contributed by atoms with Crippen molar-refractivity contribution in [2.24, 2.45) is 0 Å². The highest BCUT2D eigenvalue weighted by Crippen LogP contribution is 2.24. The Morgan fingerprint density at radius 1 is 1.35 bits per heavy atom. The van der Waals surface area contributed by atoms with Crippen molar-refractivity contribution < 1.29 is 14.6 Å². The number of anilines is 1. The van der Waals surface area contributed by atoms with Gasteiger partial charge in [0.2, 0.25) is 0 Å². The summed E-state index contributed by atoms with van der Waals surface area (Å²) in [6.07, 6.45) is 0. The van der Waals surface area contributed by atoms with Gasteiger partial charge in [0.1, 0.15) is 5.60 Å². The van der Waals surface area contributed by atoms with E-state index in [0.29, 0.717) is 18.9 Å². The molecule has 124 valence electrons. The second kappa shape index (κ2) is 8.10. The number of thiophene rings is 1. The van der Waals surface area contributed by atoms with Gasteiger partial charge in [0.25, 0.3) is 0 Å². The molecule has 0 spiro atoms. The van der Waals surface area contributed by atoms with Crippen LogP contribution >= 0.6 is 11.3 Å². The van der Waals surface area contributed by atoms with E-state index in [0.717, 1.165) is 10.4 Å². The van der Waals surface area contributed by atoms with Gasteiger partial charge in [-0.2, -0.15) is 0 Å². The van der Waals surface area contributed by atoms with Crippen LogP contribution in [0, 0.1) is 0 Å². The van der Waals surface area contributed by atoms with Gasteiger partial charge in [-0.3, -0.25) is 0 Å². The Hall–Kier alpha value is -1.89. The molecule has 2 rings (SSSR count). The topological polar surface area (TPSA) is 70.6 Å². The third-order valence-corrected chi connectivity index (χ3v) is 4.43. The van der Waals surface area contributed by atoms with Gasteiger partial charge in [0, 0.05) is 17.2 Å². The zero-order chi connectivity index (χ0) is 16.7. The lowest BCUT2D eigenvalue weighted by Crippen LogP contribution is -2.40. The number of carbonyl (C=O) groups is 1. The molecule has 0 saturated carbocycles. The predicted molar refractivity (Wildman–Crippen MR) is 92.7 cm³/mol. The maximum Gasteiger partial charge on any atom is 0.319 e. The SMILES string of the molecule is CCOCc1cccc(NC(=O)NCC(C)(O)c2cccs2)c1. The fourth-order valence-electron chi connectivity index (χ4n) is 2.06. The number of benzene rings is 1. The Labute approximate surface area is 140 Å². The standard InChI is InChI=1S/C17H22N2O3S/c1-3-22-11-13-6-4-7-14(10-13)19-16(20)18-12-17(2,21)15-8-5-9-23-15/h4-10,21H,3,11-12H2,1-2H3,(H2,18,19,20). The van der Waals surface area contributed by atoms with Crippen LogP contribution in [0.5, 0.6) is 0 Å². The second-order valence-corrected chi connectivity index (χ2v) is 6.34. The Bertz CT molecular complexity index is 627. The van der Waals surface area contributed by atoms with Gasteiger partial charge >= 0.3 is 6.03 Å². The normalized spacial score (nSPS) is 13.3. The van der Waals surface area contributed by atoms with Crippen LogP contribution in [0.2, 0.25) is 0 Å². The molecule has 2 amide bonds. The highest BCUT2D eigenvalue weighted by molar-refractivity contribution is 7.10. The molecule has 0 aliphatic rings. The second-order valence-electron chi connectivity index (χ2n) is 5.40. The van der Waals surface area contributed by atoms with E-state index in [-0.39, 0.29) is 12.6 Å². The minimum absolute atomic E-state index is 0.137. The van der Waals surface area contributed by atoms with Crippen molar-refractivity contribution in [3.05, 3.63) is 52.2 Å². The minimum Gasteiger partial charge on any atom is -0.383 e. The van der Waals surface area contributed by atoms with Crippen molar-refractivity contribution >= 4 is 23.1 Å². The average Bonchev–Trinajstić information content (AvgIpc) is 3.07. The molecule has 0 radical (unpaired) electrons. The smallest absolute Gasteiger partial charge is 0.319 e. The maximum absolute atomic E-state index is 12.0. The van der Waals surface area contributed by atoms with Crippen LogP contribution in [0.15, 0.2) is 41.8 Å². The third kappa shape index (κ3) is 5.35. The average molecular weight is 334 g/mol. The van der Waals surface area contributed by atoms with Crippen molar-refractivity contribution in [3.8, 4) is 0 Å². The van der Waals surface area contributed by atoms with Crippen LogP contribution in [0.25, 0.3) is 0 Å². The van der Waals surface area contributed by atoms with Crippen molar-refractivity contribution in [2.75, 3.05) is 18.5 Å². The first-order valence-corrected chi connectivity index (χ1v) is 8.37. The Morgan fingerprint density at radius 3 is 2.87 bits per heavy atom. The molecule has 5 nitrogen and oxygen atoms in total. The van der Waals surface area contributed by atoms with Gasteiger partial charge in [0.05, 0.1) is 13.2 Å². The van der Waals surface area contributed by atoms with Crippen LogP contribution in [0.1, 0.15) is 24.3 Å². The molecule has 2 aromatic rings. The van der Waals surface area contributed by atoms with E-state index < -0.39 is 5.60 Å². The molecule has 0 bridgehead atoms. The molecule has 0 aliphatic heterocycles. The van der Waals surface area contributed by atoms with E-state index in [1.54, 1.807) is 6.92 Å². The van der Waals surface area contributed by atoms with Crippen LogP contribution in [-0.2, 0) is 16.9 Å². The molecule has 6 heteroatoms. The number of urea groups is 1. The van der Waals surface area contributed by atoms with E-state index in [1.165, 1.54) is 11.3 Å². The summed E-state index contributed by atoms with van der Waals surface area (Å²) in [6, 6.07) is 10.9. The molecule has 1 aromatic carbocycles. The van der Waals surface area contributed by atoms with Crippen LogP contribution in [0.4, 0.5) is 10.5 Å². The summed E-state index contributed by atoms with van der Waals surface area (Å²) < 4.78 is 5.35. The highest BCUT2D eigenvalue weighted by atomic mass is 32.1. The number of ether oxygens (including phenoxy) is 1. The summed E-state index contributed by atoms with van der Waals surface area (Å²) in [7, 11) is 0. The third-order valence-electron chi connectivity index (χ3n) is 3.30. The highest BCUT2D eigenvalue weighted by Gasteiger charge is 2.24. The lowest BCUT2D eigenvalue weighted by atomic mass is 10.1. The van der Waals surface area contributed by atoms with Gasteiger partial charge in [-0.1, -0.05) is 18.2 Å². The number of aliphatic hydroxyl groups is 1. The zero-order valence-corrected chi connectivity index (χ0v) is 14.2. The molecule has 23 heavy (non-hydrogen) atoms. The summed E-state index contributed by atoms with van der Waals surface area (Å²) in [4.78, 5) is 12.8. The summed E-state index contributed by atoms with van der Waals surface area (Å²) in [5.74, 6) is 0. The van der Waals surface area contributed by atoms with Crippen molar-refractivity contribution in [1.82, 2.24) is 5.32 Å². The first-order chi connectivity index (χ1) is 11.0. The maximum atomic E-state index is 12.0. The molecule has 0 fully saturated rings. The fourth-order valence-corrected chi connectivity index (χ4v) is 2.85. The molecule has 3 N–H and O–H groups in total. The molecule has 1 unspecified atom stereocenters. The first-order valence-electron chi connectivity index (χ1n) is 7.49. The summed E-state index contributed by atoms with van der Waals surface area (Å²) in [5.41, 5.74) is 0.605. The van der Waals surface area contributed by atoms with E-state index in [9.17, 15) is 9.90 Å². The summed E-state index contributed by atoms with van der Waals surface area (Å²) >= 11 is 1.46. The number of nitrogens with one attached hydrogen (secondary N) is 2. The Morgan fingerprint density at radius 2 is 2.17 bits per heavy atom. The Balaban J connectivity index is 1.87. The van der Waals surface area contributed by atoms with Crippen molar-refractivity contribution in [3.63, 3.8) is 0 Å². The number of hydrogen-bond acceptors (Lipinski definition) is 4. The van der Waals surface area contributed by atoms with Gasteiger partial charge in [-0.05, 0) is 43.0 Å². The van der Waals surface area contributed by atoms with E-state index in [2.05, 4.69) is 10.6 Å². The summed E-state index contributed by atoms with van der Waals surface area (Å²) in [5, 5.41) is 17.7. The minimum atomic E-state index is -1.08. The summed E-state index contributed by atoms with van der Waals surface area (Å²) in [6.45, 7) is 4.92. The molecule has 0 saturated heterocycles. The van der Waals surface area contributed by atoms with Gasteiger partial charge in [-0.15, -0.1) is 11.3 Å². The van der Waals surface area contributed by atoms with Crippen LogP contribution in [0.3, 0.4) is 0 Å². The monoisotopic (exact) mass is 334 g/mol. The molecular weight excluding hydrogens is 312 g/mol. The van der Waals surface area contributed by atoms with E-state index in [4.69, 9.17) is 4.74 Å². The molecule has 1 atom stereocenters. The molecule has 1 heterocycles. The predicted octanol–water partition coefficient (Wildman–Crippen LogP) is 3.31. The number of hydrogen-bond donors (Lipinski definition) is 3. The van der Waals surface area contributed by atoms with E-state index in [1.807, 2.05) is 48.7 Å². The quantitative estimate of drug-likeness (QED) is 0.727. The zero-order valence-electron chi connectivity index (χ0n) is 13.3. The lowest BCUT2D eigenvalue weighted by molar-refractivity contribution is 0.0637. The van der Waals surface area contributed by atoms with Gasteiger partial charge in [0.15, 0.2) is 0 Å². The molecule has 1 aromatic heterocycles. The number of amides is 2. The largest absolute Gasteiger partial charge is 0.383 e. The van der Waals surface area contributed by atoms with Gasteiger partial charge in [-0.25, -0.2) is 4.79 Å². The van der Waals surface area contributed by atoms with E-state index >= 15 is 0 Å². The number of carbonyl (C=O) groups excluding carboxylic acids is 1. The first kappa shape index (κ1) is 17.5. The van der Waals surface area contributed by atoms with Crippen molar-refractivity contribution in [1.29, 1.82) is 0 Å². The fraction of sp³-hybridized carbons (Fsp3) is 0.353. The van der Waals surface area contributed by atoms with Gasteiger partial charge < -0.3 is 20.5 Å². The van der Waals surface area contributed by atoms with Crippen LogP contribution in [-0.4, -0.2) is 24.3 Å². The molecule has 0 aliphatic carbocycles. The number of rotatable bonds is 7. The lowest BCUT2D eigenvalue weighted by Gasteiger charge is -2.22. The van der Waals surface area contributed by atoms with Crippen molar-refractivity contribution in [2.45, 2.75) is 26.1 Å². The molecular formula is C17H22N2O3S.